The molecule has 4 rings (SSSR count). The molecule has 2 aromatic carbocycles. The minimum Gasteiger partial charge on any atom is -0.463 e. The van der Waals surface area contributed by atoms with E-state index in [1.54, 1.807) is 17.5 Å². The van der Waals surface area contributed by atoms with Gasteiger partial charge < -0.3 is 9.30 Å². The summed E-state index contributed by atoms with van der Waals surface area (Å²) < 4.78 is 8.62. The lowest BCUT2D eigenvalue weighted by Crippen LogP contribution is -2.15. The van der Waals surface area contributed by atoms with Crippen LogP contribution in [0.1, 0.15) is 15.9 Å². The molecule has 4 nitrogen and oxygen atoms in total. The van der Waals surface area contributed by atoms with E-state index in [1.165, 1.54) is 7.11 Å². The van der Waals surface area contributed by atoms with Gasteiger partial charge in [0.25, 0.3) is 5.78 Å². The minimum absolute atomic E-state index is 0.335. The molecule has 0 unspecified atom stereocenters. The normalized spacial score (nSPS) is 11.2. The monoisotopic (exact) mass is 461 g/mol. The molecule has 4 aromatic rings. The molecule has 0 spiro atoms. The molecule has 0 radical (unpaired) electrons. The van der Waals surface area contributed by atoms with Crippen molar-refractivity contribution in [3.63, 3.8) is 0 Å². The quantitative estimate of drug-likeness (QED) is 0.223. The molecule has 0 N–H and O–H groups in total. The highest BCUT2D eigenvalue weighted by molar-refractivity contribution is 9.10. The maximum absolute atomic E-state index is 12.4. The van der Waals surface area contributed by atoms with Crippen molar-refractivity contribution in [3.8, 4) is 0 Å². The Morgan fingerprint density at radius 2 is 2.00 bits per heavy atom. The second kappa shape index (κ2) is 7.11. The van der Waals surface area contributed by atoms with E-state index in [0.717, 1.165) is 25.6 Å². The summed E-state index contributed by atoms with van der Waals surface area (Å²) in [6, 6.07) is 11.4. The van der Waals surface area contributed by atoms with Crippen molar-refractivity contribution < 1.29 is 14.3 Å². The number of aromatic nitrogens is 1. The lowest BCUT2D eigenvalue weighted by molar-refractivity contribution is -0.135. The van der Waals surface area contributed by atoms with E-state index < -0.39 is 11.8 Å². The van der Waals surface area contributed by atoms with Gasteiger partial charge in [0.15, 0.2) is 0 Å². The van der Waals surface area contributed by atoms with Crippen LogP contribution in [0.15, 0.2) is 52.4 Å². The summed E-state index contributed by atoms with van der Waals surface area (Å²) >= 11 is 11.3. The number of carbonyl (C=O) groups excluding carboxylic acids is 2. The lowest BCUT2D eigenvalue weighted by Gasteiger charge is -2.05. The van der Waals surface area contributed by atoms with E-state index in [2.05, 4.69) is 26.0 Å². The first-order chi connectivity index (χ1) is 13.0. The van der Waals surface area contributed by atoms with Crippen LogP contribution in [-0.2, 0) is 16.1 Å². The maximum Gasteiger partial charge on any atom is 0.379 e. The van der Waals surface area contributed by atoms with E-state index in [9.17, 15) is 9.59 Å². The largest absolute Gasteiger partial charge is 0.463 e. The van der Waals surface area contributed by atoms with Crippen molar-refractivity contribution in [2.75, 3.05) is 7.11 Å². The molecule has 0 amide bonds. The molecule has 0 saturated carbocycles. The summed E-state index contributed by atoms with van der Waals surface area (Å²) in [4.78, 5) is 24.2. The molecular formula is C20H13BrClNO3S. The van der Waals surface area contributed by atoms with Crippen LogP contribution < -0.4 is 0 Å². The van der Waals surface area contributed by atoms with Crippen LogP contribution >= 0.6 is 38.9 Å². The van der Waals surface area contributed by atoms with Gasteiger partial charge >= 0.3 is 5.97 Å². The Kier molecular flexibility index (Phi) is 4.80. The molecule has 0 atom stereocenters. The van der Waals surface area contributed by atoms with Crippen molar-refractivity contribution in [2.24, 2.45) is 0 Å². The fourth-order valence-electron chi connectivity index (χ4n) is 3.14. The van der Waals surface area contributed by atoms with Gasteiger partial charge in [0.2, 0.25) is 0 Å². The summed E-state index contributed by atoms with van der Waals surface area (Å²) in [6.07, 6.45) is 1.71. The van der Waals surface area contributed by atoms with Crippen molar-refractivity contribution in [2.45, 2.75) is 6.54 Å². The molecule has 0 aliphatic heterocycles. The molecular weight excluding hydrogens is 450 g/mol. The average Bonchev–Trinajstić information content (AvgIpc) is 3.22. The Morgan fingerprint density at radius 1 is 1.19 bits per heavy atom. The zero-order chi connectivity index (χ0) is 19.1. The number of ketones is 1. The highest BCUT2D eigenvalue weighted by Crippen LogP contribution is 2.31. The fraction of sp³-hybridized carbons (Fsp3) is 0.100. The molecule has 0 aliphatic carbocycles. The molecule has 2 aromatic heterocycles. The summed E-state index contributed by atoms with van der Waals surface area (Å²) in [5, 5.41) is 4.58. The number of nitrogens with zero attached hydrogens (tertiary/aromatic N) is 1. The highest BCUT2D eigenvalue weighted by Gasteiger charge is 2.22. The van der Waals surface area contributed by atoms with Crippen molar-refractivity contribution in [3.05, 3.63) is 68.6 Å². The lowest BCUT2D eigenvalue weighted by atomic mass is 10.1. The zero-order valence-electron chi connectivity index (χ0n) is 14.2. The standard InChI is InChI=1S/C20H13BrClNO3S/c1-26-20(25)19(24)16-9-23(17-6-12(21)2-4-14(16)17)8-11-10-27-18-5-3-13(22)7-15(11)18/h2-7,9-10H,8H2,1H3. The molecule has 0 fully saturated rings. The number of methoxy groups -OCH3 is 1. The molecule has 0 saturated heterocycles. The number of benzene rings is 2. The van der Waals surface area contributed by atoms with Gasteiger partial charge in [-0.15, -0.1) is 11.3 Å². The van der Waals surface area contributed by atoms with Crippen LogP contribution in [0.25, 0.3) is 21.0 Å². The van der Waals surface area contributed by atoms with Crippen LogP contribution in [0.2, 0.25) is 5.02 Å². The maximum atomic E-state index is 12.4. The first kappa shape index (κ1) is 18.2. The number of carbonyl (C=O) groups is 2. The molecule has 7 heteroatoms. The van der Waals surface area contributed by atoms with E-state index in [1.807, 2.05) is 41.0 Å². The Bertz CT molecular complexity index is 1210. The van der Waals surface area contributed by atoms with Crippen molar-refractivity contribution >= 4 is 71.6 Å². The fourth-order valence-corrected chi connectivity index (χ4v) is 4.59. The third kappa shape index (κ3) is 3.29. The van der Waals surface area contributed by atoms with E-state index >= 15 is 0 Å². The number of esters is 1. The Balaban J connectivity index is 1.85. The van der Waals surface area contributed by atoms with Gasteiger partial charge in [-0.05, 0) is 46.7 Å². The van der Waals surface area contributed by atoms with Crippen molar-refractivity contribution in [1.82, 2.24) is 4.57 Å². The van der Waals surface area contributed by atoms with E-state index in [-0.39, 0.29) is 0 Å². The summed E-state index contributed by atoms with van der Waals surface area (Å²) in [5.41, 5.74) is 2.30. The first-order valence-corrected chi connectivity index (χ1v) is 10.1. The summed E-state index contributed by atoms with van der Waals surface area (Å²) in [7, 11) is 1.21. The Morgan fingerprint density at radius 3 is 2.78 bits per heavy atom. The molecule has 2 heterocycles. The topological polar surface area (TPSA) is 48.3 Å². The number of hydrogen-bond acceptors (Lipinski definition) is 4. The van der Waals surface area contributed by atoms with Crippen LogP contribution in [0.3, 0.4) is 0 Å². The minimum atomic E-state index is -0.871. The second-order valence-corrected chi connectivity index (χ2v) is 8.32. The van der Waals surface area contributed by atoms with Crippen LogP contribution in [0, 0.1) is 0 Å². The van der Waals surface area contributed by atoms with Gasteiger partial charge in [-0.1, -0.05) is 33.6 Å². The number of Topliss-reactive ketones (excluding diaryl/α,β-unsaturated/α-hetero) is 1. The van der Waals surface area contributed by atoms with Crippen LogP contribution in [0.4, 0.5) is 0 Å². The highest BCUT2D eigenvalue weighted by atomic mass is 79.9. The molecule has 27 heavy (non-hydrogen) atoms. The number of ether oxygens (including phenoxy) is 1. The summed E-state index contributed by atoms with van der Waals surface area (Å²) in [6.45, 7) is 0.557. The number of rotatable bonds is 4. The molecule has 0 aliphatic rings. The number of thiophene rings is 1. The van der Waals surface area contributed by atoms with E-state index in [0.29, 0.717) is 22.5 Å². The van der Waals surface area contributed by atoms with Gasteiger partial charge in [0.05, 0.1) is 18.2 Å². The number of fused-ring (bicyclic) bond motifs is 2. The summed E-state index contributed by atoms with van der Waals surface area (Å²) in [5.74, 6) is -1.52. The second-order valence-electron chi connectivity index (χ2n) is 6.05. The predicted octanol–water partition coefficient (Wildman–Crippen LogP) is 5.68. The Hall–Kier alpha value is -2.15. The van der Waals surface area contributed by atoms with Crippen LogP contribution in [-0.4, -0.2) is 23.4 Å². The van der Waals surface area contributed by atoms with Gasteiger partial charge in [-0.25, -0.2) is 4.79 Å². The van der Waals surface area contributed by atoms with Crippen LogP contribution in [0.5, 0.6) is 0 Å². The van der Waals surface area contributed by atoms with E-state index in [4.69, 9.17) is 11.6 Å². The van der Waals surface area contributed by atoms with Gasteiger partial charge in [0.1, 0.15) is 0 Å². The molecule has 136 valence electrons. The van der Waals surface area contributed by atoms with Crippen molar-refractivity contribution in [1.29, 1.82) is 0 Å². The third-order valence-electron chi connectivity index (χ3n) is 4.42. The number of hydrogen-bond donors (Lipinski definition) is 0. The first-order valence-electron chi connectivity index (χ1n) is 8.04. The predicted molar refractivity (Wildman–Crippen MR) is 112 cm³/mol. The Labute approximate surface area is 172 Å². The van der Waals surface area contributed by atoms with Gasteiger partial charge in [-0.3, -0.25) is 4.79 Å². The van der Waals surface area contributed by atoms with Gasteiger partial charge in [0, 0.05) is 32.3 Å². The third-order valence-corrected chi connectivity index (χ3v) is 6.16. The zero-order valence-corrected chi connectivity index (χ0v) is 17.3. The average molecular weight is 463 g/mol. The van der Waals surface area contributed by atoms with Gasteiger partial charge in [-0.2, -0.15) is 0 Å². The number of halogens is 2. The molecule has 0 bridgehead atoms. The SMILES string of the molecule is COC(=O)C(=O)c1cn(Cc2csc3ccc(Cl)cc23)c2cc(Br)ccc12. The smallest absolute Gasteiger partial charge is 0.379 e.